The molecule has 0 amide bonds. The number of aliphatic imine (C=N–C) groups is 1. The average molecular weight is 431 g/mol. The van der Waals surface area contributed by atoms with E-state index in [9.17, 15) is 0 Å². The minimum atomic E-state index is 0. The summed E-state index contributed by atoms with van der Waals surface area (Å²) in [6.07, 6.45) is 1.96. The Bertz CT molecular complexity index is 611. The van der Waals surface area contributed by atoms with Crippen molar-refractivity contribution in [3.8, 4) is 0 Å². The molecule has 2 heterocycles. The molecule has 0 atom stereocenters. The molecule has 8 heteroatoms. The van der Waals surface area contributed by atoms with Crippen LogP contribution in [0.4, 0.5) is 0 Å². The van der Waals surface area contributed by atoms with Crippen LogP contribution in [0.15, 0.2) is 29.4 Å². The first kappa shape index (κ1) is 19.6. The van der Waals surface area contributed by atoms with Crippen LogP contribution in [-0.4, -0.2) is 58.7 Å². The maximum atomic E-state index is 4.58. The molecule has 0 aromatic carbocycles. The largest absolute Gasteiger partial charge is 0.357 e. The van der Waals surface area contributed by atoms with Crippen LogP contribution >= 0.6 is 24.0 Å². The van der Waals surface area contributed by atoms with E-state index in [1.165, 1.54) is 0 Å². The van der Waals surface area contributed by atoms with Crippen LogP contribution in [-0.2, 0) is 6.54 Å². The minimum absolute atomic E-state index is 0. The van der Waals surface area contributed by atoms with Crippen molar-refractivity contribution in [3.05, 3.63) is 30.2 Å². The second kappa shape index (κ2) is 10.4. The summed E-state index contributed by atoms with van der Waals surface area (Å²) in [5.41, 5.74) is 0.843. The molecule has 0 saturated carbocycles. The standard InChI is InChI=1S/C15H25N7.HI/c1-4-16-15(17-9-11-21(3)5-2)18-12-14-20-19-13-8-6-7-10-22(13)14;/h6-8,10H,4-5,9,11-12H2,1-3H3,(H2,16,17,18);1H. The van der Waals surface area contributed by atoms with E-state index in [1.807, 2.05) is 28.8 Å². The summed E-state index contributed by atoms with van der Waals surface area (Å²) in [5, 5.41) is 14.9. The zero-order chi connectivity index (χ0) is 15.8. The van der Waals surface area contributed by atoms with Crippen molar-refractivity contribution < 1.29 is 0 Å². The molecule has 2 aromatic heterocycles. The highest BCUT2D eigenvalue weighted by Crippen LogP contribution is 2.03. The predicted octanol–water partition coefficient (Wildman–Crippen LogP) is 1.35. The van der Waals surface area contributed by atoms with Gasteiger partial charge < -0.3 is 15.5 Å². The van der Waals surface area contributed by atoms with Gasteiger partial charge in [-0.2, -0.15) is 0 Å². The molecule has 0 fully saturated rings. The summed E-state index contributed by atoms with van der Waals surface area (Å²) in [4.78, 5) is 6.83. The molecule has 2 aromatic rings. The summed E-state index contributed by atoms with van der Waals surface area (Å²) in [7, 11) is 2.11. The van der Waals surface area contributed by atoms with Crippen LogP contribution in [0.3, 0.4) is 0 Å². The fourth-order valence-corrected chi connectivity index (χ4v) is 2.01. The van der Waals surface area contributed by atoms with Gasteiger partial charge in [0.15, 0.2) is 17.4 Å². The van der Waals surface area contributed by atoms with Crippen LogP contribution in [0.5, 0.6) is 0 Å². The maximum Gasteiger partial charge on any atom is 0.191 e. The molecular formula is C15H26IN7. The molecule has 2 N–H and O–H groups in total. The van der Waals surface area contributed by atoms with Crippen LogP contribution in [0.25, 0.3) is 5.65 Å². The smallest absolute Gasteiger partial charge is 0.191 e. The molecule has 7 nitrogen and oxygen atoms in total. The fraction of sp³-hybridized carbons (Fsp3) is 0.533. The Kier molecular flexibility index (Phi) is 8.85. The molecule has 2 rings (SSSR count). The second-order valence-corrected chi connectivity index (χ2v) is 5.06. The van der Waals surface area contributed by atoms with E-state index in [1.54, 1.807) is 0 Å². The van der Waals surface area contributed by atoms with Crippen LogP contribution in [0, 0.1) is 0 Å². The number of guanidine groups is 1. The van der Waals surface area contributed by atoms with Crippen molar-refractivity contribution in [1.82, 2.24) is 30.1 Å². The molecule has 0 aliphatic heterocycles. The number of nitrogens with one attached hydrogen (secondary N) is 2. The summed E-state index contributed by atoms with van der Waals surface area (Å²) < 4.78 is 1.96. The van der Waals surface area contributed by atoms with Crippen LogP contribution < -0.4 is 10.6 Å². The summed E-state index contributed by atoms with van der Waals surface area (Å²) >= 11 is 0. The normalized spacial score (nSPS) is 11.6. The van der Waals surface area contributed by atoms with E-state index in [2.05, 4.69) is 51.6 Å². The molecule has 0 bridgehead atoms. The van der Waals surface area contributed by atoms with Gasteiger partial charge in [-0.25, -0.2) is 4.99 Å². The highest BCUT2D eigenvalue weighted by atomic mass is 127. The lowest BCUT2D eigenvalue weighted by Crippen LogP contribution is -2.41. The number of pyridine rings is 1. The SMILES string of the molecule is CCNC(=NCc1nnc2ccccn12)NCCN(C)CC.I. The third-order valence-corrected chi connectivity index (χ3v) is 3.43. The Balaban J connectivity index is 0.00000264. The fourth-order valence-electron chi connectivity index (χ4n) is 2.01. The van der Waals surface area contributed by atoms with Crippen molar-refractivity contribution in [2.24, 2.45) is 4.99 Å². The van der Waals surface area contributed by atoms with Gasteiger partial charge in [-0.3, -0.25) is 4.40 Å². The van der Waals surface area contributed by atoms with Gasteiger partial charge in [-0.05, 0) is 32.6 Å². The van der Waals surface area contributed by atoms with Crippen molar-refractivity contribution in [2.75, 3.05) is 33.2 Å². The third kappa shape index (κ3) is 5.94. The van der Waals surface area contributed by atoms with Crippen molar-refractivity contribution in [1.29, 1.82) is 0 Å². The van der Waals surface area contributed by atoms with Crippen molar-refractivity contribution >= 4 is 35.6 Å². The molecule has 0 saturated heterocycles. The predicted molar refractivity (Wildman–Crippen MR) is 104 cm³/mol. The lowest BCUT2D eigenvalue weighted by atomic mass is 10.4. The maximum absolute atomic E-state index is 4.58. The van der Waals surface area contributed by atoms with Gasteiger partial charge in [0.25, 0.3) is 0 Å². The Morgan fingerprint density at radius 3 is 2.83 bits per heavy atom. The number of aromatic nitrogens is 3. The number of hydrogen-bond donors (Lipinski definition) is 2. The summed E-state index contributed by atoms with van der Waals surface area (Å²) in [5.74, 6) is 1.64. The molecule has 0 aliphatic rings. The topological polar surface area (TPSA) is 69.8 Å². The van der Waals surface area contributed by atoms with E-state index in [0.717, 1.165) is 43.6 Å². The lowest BCUT2D eigenvalue weighted by molar-refractivity contribution is 0.357. The number of fused-ring (bicyclic) bond motifs is 1. The van der Waals surface area contributed by atoms with Gasteiger partial charge in [-0.15, -0.1) is 34.2 Å². The molecule has 0 spiro atoms. The molecule has 0 aliphatic carbocycles. The number of rotatable bonds is 7. The molecular weight excluding hydrogens is 405 g/mol. The molecule has 0 radical (unpaired) electrons. The number of likely N-dealkylation sites (N-methyl/N-ethyl adjacent to an activating group) is 1. The van der Waals surface area contributed by atoms with Crippen molar-refractivity contribution in [2.45, 2.75) is 20.4 Å². The van der Waals surface area contributed by atoms with E-state index >= 15 is 0 Å². The quantitative estimate of drug-likeness (QED) is 0.394. The zero-order valence-corrected chi connectivity index (χ0v) is 16.3. The van der Waals surface area contributed by atoms with Gasteiger partial charge >= 0.3 is 0 Å². The first-order valence-electron chi connectivity index (χ1n) is 7.74. The molecule has 0 unspecified atom stereocenters. The Hall–Kier alpha value is -1.42. The highest BCUT2D eigenvalue weighted by Gasteiger charge is 2.04. The Morgan fingerprint density at radius 2 is 2.09 bits per heavy atom. The minimum Gasteiger partial charge on any atom is -0.357 e. The van der Waals surface area contributed by atoms with Gasteiger partial charge in [0.2, 0.25) is 0 Å². The third-order valence-electron chi connectivity index (χ3n) is 3.43. The lowest BCUT2D eigenvalue weighted by Gasteiger charge is -2.16. The summed E-state index contributed by atoms with van der Waals surface area (Å²) in [6.45, 7) is 8.41. The second-order valence-electron chi connectivity index (χ2n) is 5.06. The zero-order valence-electron chi connectivity index (χ0n) is 14.0. The van der Waals surface area contributed by atoms with E-state index in [4.69, 9.17) is 0 Å². The van der Waals surface area contributed by atoms with Gasteiger partial charge in [0, 0.05) is 25.8 Å². The van der Waals surface area contributed by atoms with Crippen LogP contribution in [0.2, 0.25) is 0 Å². The van der Waals surface area contributed by atoms with Crippen LogP contribution in [0.1, 0.15) is 19.7 Å². The monoisotopic (exact) mass is 431 g/mol. The summed E-state index contributed by atoms with van der Waals surface area (Å²) in [6, 6.07) is 5.85. The first-order chi connectivity index (χ1) is 10.7. The van der Waals surface area contributed by atoms with E-state index in [-0.39, 0.29) is 24.0 Å². The van der Waals surface area contributed by atoms with Gasteiger partial charge in [-0.1, -0.05) is 13.0 Å². The average Bonchev–Trinajstić information content (AvgIpc) is 2.95. The Labute approximate surface area is 154 Å². The molecule has 128 valence electrons. The number of hydrogen-bond acceptors (Lipinski definition) is 4. The van der Waals surface area contributed by atoms with Gasteiger partial charge in [0.05, 0.1) is 0 Å². The number of nitrogens with zero attached hydrogens (tertiary/aromatic N) is 5. The number of halogens is 1. The highest BCUT2D eigenvalue weighted by molar-refractivity contribution is 14.0. The molecule has 23 heavy (non-hydrogen) atoms. The van der Waals surface area contributed by atoms with Crippen molar-refractivity contribution in [3.63, 3.8) is 0 Å². The van der Waals surface area contributed by atoms with E-state index in [0.29, 0.717) is 6.54 Å². The Morgan fingerprint density at radius 1 is 1.26 bits per heavy atom. The van der Waals surface area contributed by atoms with E-state index < -0.39 is 0 Å². The van der Waals surface area contributed by atoms with Gasteiger partial charge in [0.1, 0.15) is 6.54 Å². The first-order valence-corrected chi connectivity index (χ1v) is 7.74.